The molecule has 154 valence electrons. The molecule has 1 saturated heterocycles. The van der Waals surface area contributed by atoms with Gasteiger partial charge in [-0.2, -0.15) is 0 Å². The average molecular weight is 403 g/mol. The Hall–Kier alpha value is -3.48. The molecule has 1 fully saturated rings. The van der Waals surface area contributed by atoms with Crippen LogP contribution in [0.25, 0.3) is 0 Å². The third kappa shape index (κ3) is 5.11. The highest BCUT2D eigenvalue weighted by molar-refractivity contribution is 5.90. The molecular formula is C23H26N6O. The molecule has 1 aliphatic heterocycles. The molecule has 4 rings (SSSR count). The zero-order chi connectivity index (χ0) is 20.8. The van der Waals surface area contributed by atoms with Gasteiger partial charge in [0.25, 0.3) is 0 Å². The molecule has 2 aromatic heterocycles. The lowest BCUT2D eigenvalue weighted by Gasteiger charge is -2.35. The highest BCUT2D eigenvalue weighted by Gasteiger charge is 2.19. The molecule has 0 spiro atoms. The topological polar surface area (TPSA) is 74.2 Å². The average Bonchev–Trinajstić information content (AvgIpc) is 2.79. The number of pyridine rings is 1. The number of carbonyl (C=O) groups is 1. The van der Waals surface area contributed by atoms with Gasteiger partial charge in [0.05, 0.1) is 18.1 Å². The first-order valence-corrected chi connectivity index (χ1v) is 10.3. The van der Waals surface area contributed by atoms with Gasteiger partial charge in [0, 0.05) is 38.8 Å². The molecule has 0 aliphatic carbocycles. The van der Waals surface area contributed by atoms with E-state index in [0.29, 0.717) is 24.5 Å². The van der Waals surface area contributed by atoms with Crippen LogP contribution in [0.3, 0.4) is 0 Å². The largest absolute Gasteiger partial charge is 0.353 e. The van der Waals surface area contributed by atoms with Gasteiger partial charge in [-0.15, -0.1) is 0 Å². The number of aromatic nitrogens is 3. The predicted molar refractivity (Wildman–Crippen MR) is 119 cm³/mol. The van der Waals surface area contributed by atoms with Crippen molar-refractivity contribution >= 4 is 23.4 Å². The molecule has 30 heavy (non-hydrogen) atoms. The van der Waals surface area contributed by atoms with Gasteiger partial charge < -0.3 is 15.1 Å². The molecule has 0 unspecified atom stereocenters. The molecule has 1 N–H and O–H groups in total. The van der Waals surface area contributed by atoms with Crippen molar-refractivity contribution < 1.29 is 4.79 Å². The molecule has 0 bridgehead atoms. The van der Waals surface area contributed by atoms with Crippen LogP contribution in [0.5, 0.6) is 0 Å². The summed E-state index contributed by atoms with van der Waals surface area (Å²) in [6.07, 6.45) is 6.32. The number of rotatable bonds is 6. The van der Waals surface area contributed by atoms with Gasteiger partial charge in [-0.3, -0.25) is 4.79 Å². The fraction of sp³-hybridized carbons (Fsp3) is 0.304. The van der Waals surface area contributed by atoms with Gasteiger partial charge in [-0.1, -0.05) is 35.9 Å². The van der Waals surface area contributed by atoms with E-state index in [0.717, 1.165) is 32.0 Å². The van der Waals surface area contributed by atoms with E-state index in [2.05, 4.69) is 49.1 Å². The van der Waals surface area contributed by atoms with Crippen molar-refractivity contribution in [1.82, 2.24) is 15.0 Å². The van der Waals surface area contributed by atoms with Crippen LogP contribution < -0.4 is 15.1 Å². The number of amides is 1. The molecule has 3 heterocycles. The number of hydrogen-bond donors (Lipinski definition) is 1. The zero-order valence-corrected chi connectivity index (χ0v) is 17.2. The van der Waals surface area contributed by atoms with E-state index in [1.807, 2.05) is 36.5 Å². The highest BCUT2D eigenvalue weighted by Crippen LogP contribution is 2.17. The molecule has 0 atom stereocenters. The lowest BCUT2D eigenvalue weighted by atomic mass is 10.1. The smallest absolute Gasteiger partial charge is 0.225 e. The Balaban J connectivity index is 1.26. The van der Waals surface area contributed by atoms with Crippen LogP contribution in [0.15, 0.2) is 61.1 Å². The van der Waals surface area contributed by atoms with E-state index in [4.69, 9.17) is 0 Å². The Morgan fingerprint density at radius 2 is 1.73 bits per heavy atom. The first kappa shape index (κ1) is 19.8. The van der Waals surface area contributed by atoms with Crippen LogP contribution in [-0.2, 0) is 11.2 Å². The summed E-state index contributed by atoms with van der Waals surface area (Å²) in [6.45, 7) is 5.47. The monoisotopic (exact) mass is 402 g/mol. The first-order chi connectivity index (χ1) is 14.7. The van der Waals surface area contributed by atoms with Crippen molar-refractivity contribution in [2.24, 2.45) is 0 Å². The van der Waals surface area contributed by atoms with E-state index in [1.165, 1.54) is 11.1 Å². The minimum Gasteiger partial charge on any atom is -0.353 e. The van der Waals surface area contributed by atoms with Crippen LogP contribution in [0.1, 0.15) is 17.5 Å². The standard InChI is InChI=1S/C23H26N6O/c1-18-5-4-6-19(15-18)8-9-22(30)27-20-16-25-23(26-17-20)29-13-11-28(12-14-29)21-7-2-3-10-24-21/h2-7,10,15-17H,8-9,11-14H2,1H3,(H,27,30). The molecule has 1 aliphatic rings. The van der Waals surface area contributed by atoms with Gasteiger partial charge in [-0.25, -0.2) is 15.0 Å². The van der Waals surface area contributed by atoms with Crippen molar-refractivity contribution in [3.05, 3.63) is 72.2 Å². The molecule has 3 aromatic rings. The summed E-state index contributed by atoms with van der Waals surface area (Å²) in [5.74, 6) is 1.66. The van der Waals surface area contributed by atoms with Crippen LogP contribution in [0.2, 0.25) is 0 Å². The number of anilines is 3. The number of nitrogens with zero attached hydrogens (tertiary/aromatic N) is 5. The maximum Gasteiger partial charge on any atom is 0.225 e. The zero-order valence-electron chi connectivity index (χ0n) is 17.2. The third-order valence-corrected chi connectivity index (χ3v) is 5.18. The van der Waals surface area contributed by atoms with E-state index in [1.54, 1.807) is 12.4 Å². The van der Waals surface area contributed by atoms with Gasteiger partial charge in [0.1, 0.15) is 5.82 Å². The quantitative estimate of drug-likeness (QED) is 0.683. The molecule has 0 saturated carbocycles. The Bertz CT molecular complexity index is 968. The van der Waals surface area contributed by atoms with E-state index in [9.17, 15) is 4.79 Å². The minimum absolute atomic E-state index is 0.0307. The van der Waals surface area contributed by atoms with Crippen molar-refractivity contribution in [1.29, 1.82) is 0 Å². The second-order valence-corrected chi connectivity index (χ2v) is 7.47. The van der Waals surface area contributed by atoms with E-state index in [-0.39, 0.29) is 5.91 Å². The summed E-state index contributed by atoms with van der Waals surface area (Å²) < 4.78 is 0. The SMILES string of the molecule is Cc1cccc(CCC(=O)Nc2cnc(N3CCN(c4ccccn4)CC3)nc2)c1. The second-order valence-electron chi connectivity index (χ2n) is 7.47. The second kappa shape index (κ2) is 9.35. The van der Waals surface area contributed by atoms with Gasteiger partial charge in [-0.05, 0) is 31.0 Å². The summed E-state index contributed by atoms with van der Waals surface area (Å²) in [4.78, 5) is 30.0. The highest BCUT2D eigenvalue weighted by atomic mass is 16.1. The van der Waals surface area contributed by atoms with Crippen molar-refractivity contribution in [2.75, 3.05) is 41.3 Å². The molecular weight excluding hydrogens is 376 g/mol. The summed E-state index contributed by atoms with van der Waals surface area (Å²) in [5, 5.41) is 2.89. The lowest BCUT2D eigenvalue weighted by Crippen LogP contribution is -2.47. The van der Waals surface area contributed by atoms with Crippen LogP contribution in [0.4, 0.5) is 17.5 Å². The van der Waals surface area contributed by atoms with Crippen LogP contribution in [0, 0.1) is 6.92 Å². The van der Waals surface area contributed by atoms with Crippen molar-refractivity contribution in [2.45, 2.75) is 19.8 Å². The van der Waals surface area contributed by atoms with Gasteiger partial charge in [0.15, 0.2) is 0 Å². The third-order valence-electron chi connectivity index (χ3n) is 5.18. The maximum absolute atomic E-state index is 12.2. The lowest BCUT2D eigenvalue weighted by molar-refractivity contribution is -0.116. The summed E-state index contributed by atoms with van der Waals surface area (Å²) >= 11 is 0. The summed E-state index contributed by atoms with van der Waals surface area (Å²) in [7, 11) is 0. The fourth-order valence-corrected chi connectivity index (χ4v) is 3.57. The van der Waals surface area contributed by atoms with Crippen molar-refractivity contribution in [3.63, 3.8) is 0 Å². The van der Waals surface area contributed by atoms with Crippen LogP contribution >= 0.6 is 0 Å². The number of benzene rings is 1. The number of nitrogens with one attached hydrogen (secondary N) is 1. The molecule has 1 aromatic carbocycles. The maximum atomic E-state index is 12.2. The summed E-state index contributed by atoms with van der Waals surface area (Å²) in [6, 6.07) is 14.2. The normalized spacial score (nSPS) is 13.9. The molecule has 7 nitrogen and oxygen atoms in total. The van der Waals surface area contributed by atoms with Crippen LogP contribution in [-0.4, -0.2) is 47.0 Å². The fourth-order valence-electron chi connectivity index (χ4n) is 3.57. The number of carbonyl (C=O) groups excluding carboxylic acids is 1. The number of piperazine rings is 1. The molecule has 0 radical (unpaired) electrons. The van der Waals surface area contributed by atoms with Crippen molar-refractivity contribution in [3.8, 4) is 0 Å². The summed E-state index contributed by atoms with van der Waals surface area (Å²) in [5.41, 5.74) is 3.00. The Labute approximate surface area is 176 Å². The van der Waals surface area contributed by atoms with E-state index < -0.39 is 0 Å². The van der Waals surface area contributed by atoms with Gasteiger partial charge in [0.2, 0.25) is 11.9 Å². The van der Waals surface area contributed by atoms with E-state index >= 15 is 0 Å². The molecule has 1 amide bonds. The minimum atomic E-state index is -0.0307. The number of aryl methyl sites for hydroxylation is 2. The Kier molecular flexibility index (Phi) is 6.17. The number of hydrogen-bond acceptors (Lipinski definition) is 6. The predicted octanol–water partition coefficient (Wildman–Crippen LogP) is 3.08. The first-order valence-electron chi connectivity index (χ1n) is 10.3. The Morgan fingerprint density at radius 1 is 0.967 bits per heavy atom. The van der Waals surface area contributed by atoms with Gasteiger partial charge >= 0.3 is 0 Å². The molecule has 7 heteroatoms. The Morgan fingerprint density at radius 3 is 2.43 bits per heavy atom.